The number of carbonyl (C=O) groups excluding carboxylic acids is 1. The highest BCUT2D eigenvalue weighted by molar-refractivity contribution is 5.78. The Labute approximate surface area is 109 Å². The second kappa shape index (κ2) is 7.44. The van der Waals surface area contributed by atoms with E-state index in [2.05, 4.69) is 20.8 Å². The van der Waals surface area contributed by atoms with Gasteiger partial charge in [0.15, 0.2) is 0 Å². The van der Waals surface area contributed by atoms with Gasteiger partial charge in [-0.3, -0.25) is 4.79 Å². The molecule has 0 aliphatic carbocycles. The van der Waals surface area contributed by atoms with Gasteiger partial charge in [-0.2, -0.15) is 0 Å². The number of aldehydes is 1. The molecule has 18 heavy (non-hydrogen) atoms. The monoisotopic (exact) mass is 240 g/mol. The van der Waals surface area contributed by atoms with Crippen LogP contribution in [-0.2, 0) is 0 Å². The van der Waals surface area contributed by atoms with Gasteiger partial charge in [-0.15, -0.1) is 0 Å². The molecule has 0 saturated heterocycles. The second-order valence-corrected chi connectivity index (χ2v) is 4.84. The van der Waals surface area contributed by atoms with Crippen LogP contribution in [-0.4, -0.2) is 6.29 Å². The van der Waals surface area contributed by atoms with Crippen molar-refractivity contribution in [2.75, 3.05) is 0 Å². The van der Waals surface area contributed by atoms with E-state index in [1.54, 1.807) is 6.07 Å². The molecule has 0 radical (unpaired) electrons. The molecule has 0 fully saturated rings. The van der Waals surface area contributed by atoms with Gasteiger partial charge in [0.05, 0.1) is 0 Å². The quantitative estimate of drug-likeness (QED) is 0.687. The number of hydrogen-bond acceptors (Lipinski definition) is 1. The minimum atomic E-state index is 0.714. The van der Waals surface area contributed by atoms with E-state index in [4.69, 9.17) is 0 Å². The lowest BCUT2D eigenvalue weighted by Gasteiger charge is -2.00. The van der Waals surface area contributed by atoms with E-state index in [-0.39, 0.29) is 0 Å². The Bertz CT molecular complexity index is 469. The summed E-state index contributed by atoms with van der Waals surface area (Å²) < 4.78 is 0. The predicted molar refractivity (Wildman–Crippen MR) is 77.8 cm³/mol. The van der Waals surface area contributed by atoms with Crippen LogP contribution < -0.4 is 0 Å². The first-order valence-corrected chi connectivity index (χ1v) is 6.24. The van der Waals surface area contributed by atoms with Crippen molar-refractivity contribution in [2.45, 2.75) is 20.8 Å². The first-order chi connectivity index (χ1) is 8.63. The smallest absolute Gasteiger partial charge is 0.150 e. The summed E-state index contributed by atoms with van der Waals surface area (Å²) in [6.45, 7) is 6.50. The molecule has 94 valence electrons. The zero-order chi connectivity index (χ0) is 13.4. The maximum atomic E-state index is 10.6. The Balaban J connectivity index is 0.000000357. The van der Waals surface area contributed by atoms with Gasteiger partial charge in [0, 0.05) is 5.56 Å². The van der Waals surface area contributed by atoms with Gasteiger partial charge in [0.1, 0.15) is 6.29 Å². The summed E-state index contributed by atoms with van der Waals surface area (Å²) in [4.78, 5) is 10.6. The number of hydrogen-bond donors (Lipinski definition) is 0. The number of benzene rings is 2. The maximum absolute atomic E-state index is 10.6. The third kappa shape index (κ3) is 4.96. The largest absolute Gasteiger partial charge is 0.298 e. The molecule has 0 bridgehead atoms. The van der Waals surface area contributed by atoms with Crippen molar-refractivity contribution >= 4 is 6.29 Å². The molecule has 0 aliphatic heterocycles. The van der Waals surface area contributed by atoms with Crippen molar-refractivity contribution in [3.63, 3.8) is 0 Å². The van der Waals surface area contributed by atoms with Crippen LogP contribution in [0.1, 0.15) is 31.1 Å². The van der Waals surface area contributed by atoms with Crippen molar-refractivity contribution in [1.82, 2.24) is 0 Å². The average Bonchev–Trinajstić information content (AvgIpc) is 2.39. The summed E-state index contributed by atoms with van der Waals surface area (Å²) >= 11 is 0. The molecule has 0 N–H and O–H groups in total. The summed E-state index contributed by atoms with van der Waals surface area (Å²) in [5.41, 5.74) is 2.93. The molecule has 0 atom stereocenters. The van der Waals surface area contributed by atoms with Crippen molar-refractivity contribution in [1.29, 1.82) is 0 Å². The van der Waals surface area contributed by atoms with Crippen LogP contribution >= 0.6 is 0 Å². The average molecular weight is 240 g/mol. The van der Waals surface area contributed by atoms with Crippen LogP contribution in [0.4, 0.5) is 0 Å². The highest BCUT2D eigenvalue weighted by Gasteiger charge is 1.96. The molecule has 1 nitrogen and oxygen atoms in total. The third-order valence-electron chi connectivity index (χ3n) is 2.13. The SMILES string of the molecule is CC(C)C.O=Cc1cccc(-c2ccccc2)c1. The summed E-state index contributed by atoms with van der Waals surface area (Å²) in [6.07, 6.45) is 0.867. The van der Waals surface area contributed by atoms with E-state index in [0.29, 0.717) is 5.56 Å². The fourth-order valence-corrected chi connectivity index (χ4v) is 1.42. The van der Waals surface area contributed by atoms with Crippen LogP contribution in [0.2, 0.25) is 0 Å². The molecular weight excluding hydrogens is 220 g/mol. The topological polar surface area (TPSA) is 17.1 Å². The number of rotatable bonds is 2. The standard InChI is InChI=1S/C13H10O.C4H10/c14-10-11-5-4-8-13(9-11)12-6-2-1-3-7-12;1-4(2)3/h1-10H;4H,1-3H3. The zero-order valence-corrected chi connectivity index (χ0v) is 11.3. The Hall–Kier alpha value is -1.89. The molecule has 0 heterocycles. The molecule has 1 heteroatoms. The van der Waals surface area contributed by atoms with Crippen molar-refractivity contribution in [2.24, 2.45) is 5.92 Å². The fourth-order valence-electron chi connectivity index (χ4n) is 1.42. The fraction of sp³-hybridized carbons (Fsp3) is 0.235. The maximum Gasteiger partial charge on any atom is 0.150 e. The lowest BCUT2D eigenvalue weighted by Crippen LogP contribution is -1.81. The second-order valence-electron chi connectivity index (χ2n) is 4.84. The van der Waals surface area contributed by atoms with Gasteiger partial charge in [0.25, 0.3) is 0 Å². The Morgan fingerprint density at radius 2 is 1.39 bits per heavy atom. The lowest BCUT2D eigenvalue weighted by molar-refractivity contribution is 0.112. The molecule has 0 spiro atoms. The Kier molecular flexibility index (Phi) is 5.86. The predicted octanol–water partition coefficient (Wildman–Crippen LogP) is 4.83. The van der Waals surface area contributed by atoms with Gasteiger partial charge < -0.3 is 0 Å². The number of carbonyl (C=O) groups is 1. The van der Waals surface area contributed by atoms with Crippen molar-refractivity contribution < 1.29 is 4.79 Å². The molecule has 2 aromatic carbocycles. The molecule has 2 rings (SSSR count). The normalized spacial score (nSPS) is 9.56. The molecule has 0 unspecified atom stereocenters. The van der Waals surface area contributed by atoms with Crippen LogP contribution in [0.15, 0.2) is 54.6 Å². The van der Waals surface area contributed by atoms with Crippen LogP contribution in [0.5, 0.6) is 0 Å². The highest BCUT2D eigenvalue weighted by atomic mass is 16.1. The summed E-state index contributed by atoms with van der Waals surface area (Å²) in [5.74, 6) is 0.833. The van der Waals surface area contributed by atoms with Crippen LogP contribution in [0.25, 0.3) is 11.1 Å². The molecule has 2 aromatic rings. The minimum absolute atomic E-state index is 0.714. The van der Waals surface area contributed by atoms with Gasteiger partial charge in [0.2, 0.25) is 0 Å². The minimum Gasteiger partial charge on any atom is -0.298 e. The van der Waals surface area contributed by atoms with Gasteiger partial charge >= 0.3 is 0 Å². The van der Waals surface area contributed by atoms with Gasteiger partial charge in [-0.1, -0.05) is 69.3 Å². The van der Waals surface area contributed by atoms with E-state index in [1.165, 1.54) is 0 Å². The van der Waals surface area contributed by atoms with E-state index < -0.39 is 0 Å². The van der Waals surface area contributed by atoms with Gasteiger partial charge in [-0.05, 0) is 23.1 Å². The molecular formula is C17H20O. The Morgan fingerprint density at radius 3 is 1.94 bits per heavy atom. The summed E-state index contributed by atoms with van der Waals surface area (Å²) in [5, 5.41) is 0. The zero-order valence-electron chi connectivity index (χ0n) is 11.3. The molecule has 0 aliphatic rings. The Morgan fingerprint density at radius 1 is 0.833 bits per heavy atom. The molecule has 0 amide bonds. The molecule has 0 saturated carbocycles. The van der Waals surface area contributed by atoms with Crippen LogP contribution in [0.3, 0.4) is 0 Å². The molecule has 0 aromatic heterocycles. The van der Waals surface area contributed by atoms with Crippen molar-refractivity contribution in [3.8, 4) is 11.1 Å². The summed E-state index contributed by atoms with van der Waals surface area (Å²) in [7, 11) is 0. The van der Waals surface area contributed by atoms with E-state index >= 15 is 0 Å². The third-order valence-corrected chi connectivity index (χ3v) is 2.13. The van der Waals surface area contributed by atoms with E-state index in [9.17, 15) is 4.79 Å². The van der Waals surface area contributed by atoms with Gasteiger partial charge in [-0.25, -0.2) is 0 Å². The van der Waals surface area contributed by atoms with E-state index in [0.717, 1.165) is 23.3 Å². The van der Waals surface area contributed by atoms with Crippen LogP contribution in [0, 0.1) is 5.92 Å². The lowest BCUT2D eigenvalue weighted by atomic mass is 10.0. The summed E-state index contributed by atoms with van der Waals surface area (Å²) in [6, 6.07) is 17.6. The highest BCUT2D eigenvalue weighted by Crippen LogP contribution is 2.19. The first-order valence-electron chi connectivity index (χ1n) is 6.24. The van der Waals surface area contributed by atoms with Crippen molar-refractivity contribution in [3.05, 3.63) is 60.2 Å². The van der Waals surface area contributed by atoms with E-state index in [1.807, 2.05) is 48.5 Å². The first kappa shape index (κ1) is 14.2.